The maximum absolute atomic E-state index is 12.9. The molecule has 0 aliphatic heterocycles. The van der Waals surface area contributed by atoms with Crippen LogP contribution in [0.25, 0.3) is 68.3 Å². The van der Waals surface area contributed by atoms with Gasteiger partial charge in [0.1, 0.15) is 11.5 Å². The molecule has 0 unspecified atom stereocenters. The zero-order chi connectivity index (χ0) is 46.0. The molecule has 11 heteroatoms. The molecule has 67 heavy (non-hydrogen) atoms. The number of rotatable bonds is 24. The van der Waals surface area contributed by atoms with Crippen LogP contribution in [0.15, 0.2) is 119 Å². The lowest BCUT2D eigenvalue weighted by atomic mass is 10.0. The minimum absolute atomic E-state index is 0.270. The van der Waals surface area contributed by atoms with Crippen LogP contribution in [-0.4, -0.2) is 5.97 Å². The summed E-state index contributed by atoms with van der Waals surface area (Å²) in [6.07, 6.45) is 17.9. The fraction of sp³-hybridized carbons (Fsp3) is 0.304. The first-order valence-electron chi connectivity index (χ1n) is 23.7. The molecule has 0 saturated heterocycles. The SMILES string of the molecule is CCCCCCCCc1cc(-c2ccc(-c3ccc(-c4sc(-c5ccc(-c6ccc(C(=O)OCc7ccccc7)s6)s5)cc4CCCCCCCC)s3)s2)sc1-c1ccc(-c2ccc(Br)s2)s1. The van der Waals surface area contributed by atoms with Crippen LogP contribution in [0.4, 0.5) is 0 Å². The summed E-state index contributed by atoms with van der Waals surface area (Å²) >= 11 is 18.5. The van der Waals surface area contributed by atoms with E-state index in [1.165, 1.54) is 167 Å². The summed E-state index contributed by atoms with van der Waals surface area (Å²) < 4.78 is 6.82. The predicted molar refractivity (Wildman–Crippen MR) is 305 cm³/mol. The van der Waals surface area contributed by atoms with Gasteiger partial charge in [0.15, 0.2) is 0 Å². The Labute approximate surface area is 437 Å². The van der Waals surface area contributed by atoms with Gasteiger partial charge in [0, 0.05) is 68.3 Å². The highest BCUT2D eigenvalue weighted by atomic mass is 79.9. The molecule has 8 heterocycles. The third-order valence-corrected chi connectivity index (χ3v) is 22.6. The van der Waals surface area contributed by atoms with Gasteiger partial charge in [-0.15, -0.1) is 90.7 Å². The van der Waals surface area contributed by atoms with Gasteiger partial charge in [0.25, 0.3) is 0 Å². The van der Waals surface area contributed by atoms with E-state index in [4.69, 9.17) is 4.74 Å². The highest BCUT2D eigenvalue weighted by Crippen LogP contribution is 2.50. The van der Waals surface area contributed by atoms with E-state index >= 15 is 0 Å². The maximum Gasteiger partial charge on any atom is 0.348 e. The number of benzene rings is 1. The Bertz CT molecular complexity index is 2960. The number of hydrogen-bond donors (Lipinski definition) is 0. The Morgan fingerprint density at radius 3 is 1.31 bits per heavy atom. The van der Waals surface area contributed by atoms with Crippen LogP contribution < -0.4 is 0 Å². The zero-order valence-electron chi connectivity index (χ0n) is 38.0. The van der Waals surface area contributed by atoms with E-state index < -0.39 is 0 Å². The molecule has 0 saturated carbocycles. The van der Waals surface area contributed by atoms with Crippen LogP contribution in [0.5, 0.6) is 0 Å². The van der Waals surface area contributed by atoms with Gasteiger partial charge in [-0.2, -0.15) is 0 Å². The minimum atomic E-state index is -0.270. The van der Waals surface area contributed by atoms with Gasteiger partial charge in [0.05, 0.1) is 3.79 Å². The van der Waals surface area contributed by atoms with Crippen LogP contribution in [0.3, 0.4) is 0 Å². The van der Waals surface area contributed by atoms with Crippen molar-refractivity contribution in [1.29, 1.82) is 0 Å². The van der Waals surface area contributed by atoms with Gasteiger partial charge in [0.2, 0.25) is 0 Å². The van der Waals surface area contributed by atoms with Crippen molar-refractivity contribution < 1.29 is 9.53 Å². The summed E-state index contributed by atoms with van der Waals surface area (Å²) in [5.74, 6) is -0.270. The number of hydrogen-bond acceptors (Lipinski definition) is 10. The second kappa shape index (κ2) is 24.1. The molecule has 9 rings (SSSR count). The Balaban J connectivity index is 0.933. The van der Waals surface area contributed by atoms with E-state index in [2.05, 4.69) is 109 Å². The first-order valence-corrected chi connectivity index (χ1v) is 31.0. The fourth-order valence-corrected chi connectivity index (χ4v) is 17.7. The first-order chi connectivity index (χ1) is 32.9. The quantitative estimate of drug-likeness (QED) is 0.0445. The third-order valence-electron chi connectivity index (χ3n) is 11.9. The topological polar surface area (TPSA) is 26.3 Å². The molecule has 1 aromatic carbocycles. The molecular formula is C56H55BrO2S8. The van der Waals surface area contributed by atoms with Crippen LogP contribution in [0, 0.1) is 0 Å². The van der Waals surface area contributed by atoms with E-state index in [0.29, 0.717) is 4.88 Å². The fourth-order valence-electron chi connectivity index (χ4n) is 8.29. The van der Waals surface area contributed by atoms with Gasteiger partial charge in [-0.1, -0.05) is 108 Å². The number of ether oxygens (including phenoxy) is 1. The maximum atomic E-state index is 12.9. The van der Waals surface area contributed by atoms with Gasteiger partial charge >= 0.3 is 5.97 Å². The van der Waals surface area contributed by atoms with Gasteiger partial charge < -0.3 is 4.74 Å². The molecule has 0 fully saturated rings. The lowest BCUT2D eigenvalue weighted by Crippen LogP contribution is -2.02. The smallest absolute Gasteiger partial charge is 0.348 e. The summed E-state index contributed by atoms with van der Waals surface area (Å²) in [4.78, 5) is 32.2. The zero-order valence-corrected chi connectivity index (χ0v) is 46.2. The largest absolute Gasteiger partial charge is 0.457 e. The third kappa shape index (κ3) is 12.6. The predicted octanol–water partition coefficient (Wildman–Crippen LogP) is 21.8. The lowest BCUT2D eigenvalue weighted by molar-refractivity contribution is 0.0478. The molecule has 9 aromatic rings. The summed E-state index contributed by atoms with van der Waals surface area (Å²) in [5, 5.41) is 0. The highest BCUT2D eigenvalue weighted by Gasteiger charge is 2.21. The normalized spacial score (nSPS) is 11.6. The second-order valence-corrected chi connectivity index (χ2v) is 26.9. The second-order valence-electron chi connectivity index (χ2n) is 17.0. The van der Waals surface area contributed by atoms with Crippen LogP contribution in [0.2, 0.25) is 0 Å². The number of aryl methyl sites for hydroxylation is 2. The minimum Gasteiger partial charge on any atom is -0.457 e. The summed E-state index contributed by atoms with van der Waals surface area (Å²) in [6.45, 7) is 4.87. The highest BCUT2D eigenvalue weighted by molar-refractivity contribution is 9.11. The Morgan fingerprint density at radius 1 is 0.418 bits per heavy atom. The molecule has 0 atom stereocenters. The number of unbranched alkanes of at least 4 members (excludes halogenated alkanes) is 10. The molecule has 346 valence electrons. The Morgan fingerprint density at radius 2 is 0.821 bits per heavy atom. The van der Waals surface area contributed by atoms with E-state index in [1.807, 2.05) is 116 Å². The molecule has 0 bridgehead atoms. The number of thiophene rings is 8. The molecule has 0 radical (unpaired) electrons. The average Bonchev–Trinajstić information content (AvgIpc) is 4.19. The molecule has 8 aromatic heterocycles. The van der Waals surface area contributed by atoms with Crippen LogP contribution in [-0.2, 0) is 24.2 Å². The Hall–Kier alpha value is -3.23. The van der Waals surface area contributed by atoms with Crippen molar-refractivity contribution in [2.45, 2.75) is 110 Å². The van der Waals surface area contributed by atoms with Crippen molar-refractivity contribution in [3.63, 3.8) is 0 Å². The van der Waals surface area contributed by atoms with E-state index in [-0.39, 0.29) is 12.6 Å². The lowest BCUT2D eigenvalue weighted by Gasteiger charge is -2.03. The molecule has 0 spiro atoms. The van der Waals surface area contributed by atoms with E-state index in [0.717, 1.165) is 23.3 Å². The van der Waals surface area contributed by atoms with Crippen molar-refractivity contribution in [3.8, 4) is 68.3 Å². The van der Waals surface area contributed by atoms with Crippen molar-refractivity contribution in [2.24, 2.45) is 0 Å². The molecule has 0 N–H and O–H groups in total. The van der Waals surface area contributed by atoms with Crippen molar-refractivity contribution >= 4 is 113 Å². The number of halogens is 1. The molecule has 2 nitrogen and oxygen atoms in total. The number of esters is 1. The molecule has 0 amide bonds. The summed E-state index contributed by atoms with van der Waals surface area (Å²) in [6, 6.07) is 41.8. The van der Waals surface area contributed by atoms with Gasteiger partial charge in [-0.25, -0.2) is 4.79 Å². The molecular weight excluding hydrogens is 1040 g/mol. The van der Waals surface area contributed by atoms with Crippen LogP contribution in [0.1, 0.15) is 117 Å². The standard InChI is InChI=1S/C56H55BrO2S8/c1-3-5-7-9-11-16-20-38-34-52(47-25-23-41(61-47)43-28-31-50(64-43)56(58)59-36-37-18-14-13-15-19-37)66-54(38)48-29-26-42(62-48)40-22-24-46(60-40)51-35-39(21-17-12-10-8-6-4-2)55(67-51)49-30-27-44(63-49)45-32-33-53(57)65-45/h13-15,18-19,22-35H,3-12,16-17,20-21,36H2,1-2H3. The van der Waals surface area contributed by atoms with Crippen LogP contribution >= 0.6 is 107 Å². The average molecular weight is 1100 g/mol. The summed E-state index contributed by atoms with van der Waals surface area (Å²) in [5.41, 5.74) is 3.97. The van der Waals surface area contributed by atoms with Crippen molar-refractivity contribution in [1.82, 2.24) is 0 Å². The molecule has 0 aliphatic rings. The van der Waals surface area contributed by atoms with E-state index in [9.17, 15) is 4.79 Å². The van der Waals surface area contributed by atoms with E-state index in [1.54, 1.807) is 0 Å². The van der Waals surface area contributed by atoms with Crippen molar-refractivity contribution in [3.05, 3.63) is 141 Å². The first kappa shape index (κ1) is 48.8. The van der Waals surface area contributed by atoms with Crippen molar-refractivity contribution in [2.75, 3.05) is 0 Å². The Kier molecular flexibility index (Phi) is 17.5. The monoisotopic (exact) mass is 1090 g/mol. The molecule has 0 aliphatic carbocycles. The summed E-state index contributed by atoms with van der Waals surface area (Å²) in [7, 11) is 0. The van der Waals surface area contributed by atoms with Gasteiger partial charge in [-0.3, -0.25) is 0 Å². The number of carbonyl (C=O) groups is 1. The van der Waals surface area contributed by atoms with Gasteiger partial charge in [-0.05, 0) is 143 Å². The number of carbonyl (C=O) groups excluding carboxylic acids is 1.